The largest absolute Gasteiger partial charge is 0.341 e. The lowest BCUT2D eigenvalue weighted by molar-refractivity contribution is 0.567. The van der Waals surface area contributed by atoms with Crippen molar-refractivity contribution in [2.45, 2.75) is 32.1 Å². The maximum Gasteiger partial charge on any atom is 0.225 e. The number of nitrogens with zero attached hydrogens (tertiary/aromatic N) is 3. The molecule has 1 fully saturated rings. The summed E-state index contributed by atoms with van der Waals surface area (Å²) in [6.07, 6.45) is 5.67. The van der Waals surface area contributed by atoms with Crippen LogP contribution in [0.4, 0.5) is 5.95 Å². The summed E-state index contributed by atoms with van der Waals surface area (Å²) in [4.78, 5) is 11.1. The van der Waals surface area contributed by atoms with Crippen molar-refractivity contribution < 1.29 is 0 Å². The summed E-state index contributed by atoms with van der Waals surface area (Å²) in [5.74, 6) is 1.35. The van der Waals surface area contributed by atoms with Crippen LogP contribution in [0.15, 0.2) is 6.20 Å². The molecule has 2 heterocycles. The van der Waals surface area contributed by atoms with E-state index < -0.39 is 0 Å². The van der Waals surface area contributed by atoms with Crippen LogP contribution in [0.5, 0.6) is 0 Å². The first kappa shape index (κ1) is 10.7. The molecule has 1 aliphatic rings. The van der Waals surface area contributed by atoms with Gasteiger partial charge in [-0.3, -0.25) is 0 Å². The van der Waals surface area contributed by atoms with E-state index in [-0.39, 0.29) is 0 Å². The minimum absolute atomic E-state index is 0.492. The first-order valence-electron chi connectivity index (χ1n) is 5.44. The SMILES string of the molecule is Cc1nc(N2CCCCC2)ncc1CCl. The molecule has 0 spiro atoms. The predicted molar refractivity (Wildman–Crippen MR) is 62.4 cm³/mol. The van der Waals surface area contributed by atoms with E-state index in [0.717, 1.165) is 30.3 Å². The minimum Gasteiger partial charge on any atom is -0.341 e. The van der Waals surface area contributed by atoms with Crippen molar-refractivity contribution in [2.75, 3.05) is 18.0 Å². The van der Waals surface area contributed by atoms with Crippen molar-refractivity contribution in [1.29, 1.82) is 0 Å². The number of hydrogen-bond donors (Lipinski definition) is 0. The van der Waals surface area contributed by atoms with Crippen LogP contribution in [0.2, 0.25) is 0 Å². The molecule has 0 radical (unpaired) electrons. The van der Waals surface area contributed by atoms with E-state index in [2.05, 4.69) is 14.9 Å². The van der Waals surface area contributed by atoms with Gasteiger partial charge in [-0.05, 0) is 26.2 Å². The van der Waals surface area contributed by atoms with E-state index in [9.17, 15) is 0 Å². The van der Waals surface area contributed by atoms with Crippen LogP contribution in [-0.4, -0.2) is 23.1 Å². The molecule has 0 saturated carbocycles. The van der Waals surface area contributed by atoms with Crippen molar-refractivity contribution in [3.63, 3.8) is 0 Å². The molecule has 2 rings (SSSR count). The Bertz CT molecular complexity index is 335. The number of aryl methyl sites for hydroxylation is 1. The second-order valence-corrected chi connectivity index (χ2v) is 4.23. The lowest BCUT2D eigenvalue weighted by Crippen LogP contribution is -2.31. The molecule has 4 heteroatoms. The smallest absolute Gasteiger partial charge is 0.225 e. The van der Waals surface area contributed by atoms with E-state index in [1.807, 2.05) is 13.1 Å². The molecular weight excluding hydrogens is 210 g/mol. The van der Waals surface area contributed by atoms with Gasteiger partial charge < -0.3 is 4.90 Å². The van der Waals surface area contributed by atoms with Crippen molar-refractivity contribution in [3.8, 4) is 0 Å². The van der Waals surface area contributed by atoms with Gasteiger partial charge in [0, 0.05) is 30.5 Å². The molecule has 0 aliphatic carbocycles. The number of piperidine rings is 1. The van der Waals surface area contributed by atoms with Gasteiger partial charge in [-0.1, -0.05) is 0 Å². The van der Waals surface area contributed by atoms with Crippen molar-refractivity contribution in [2.24, 2.45) is 0 Å². The first-order chi connectivity index (χ1) is 7.31. The molecule has 0 unspecified atom stereocenters. The average molecular weight is 226 g/mol. The van der Waals surface area contributed by atoms with Gasteiger partial charge in [-0.15, -0.1) is 11.6 Å². The highest BCUT2D eigenvalue weighted by molar-refractivity contribution is 6.17. The van der Waals surface area contributed by atoms with Gasteiger partial charge in [0.15, 0.2) is 0 Å². The van der Waals surface area contributed by atoms with Gasteiger partial charge in [-0.2, -0.15) is 0 Å². The average Bonchev–Trinajstić information content (AvgIpc) is 2.30. The van der Waals surface area contributed by atoms with Gasteiger partial charge in [0.2, 0.25) is 5.95 Å². The summed E-state index contributed by atoms with van der Waals surface area (Å²) in [7, 11) is 0. The van der Waals surface area contributed by atoms with Crippen molar-refractivity contribution in [1.82, 2.24) is 9.97 Å². The van der Waals surface area contributed by atoms with Gasteiger partial charge in [0.25, 0.3) is 0 Å². The highest BCUT2D eigenvalue weighted by Gasteiger charge is 2.13. The molecular formula is C11H16ClN3. The molecule has 0 amide bonds. The highest BCUT2D eigenvalue weighted by atomic mass is 35.5. The summed E-state index contributed by atoms with van der Waals surface area (Å²) in [6.45, 7) is 4.16. The van der Waals surface area contributed by atoms with Gasteiger partial charge in [-0.25, -0.2) is 9.97 Å². The first-order valence-corrected chi connectivity index (χ1v) is 5.98. The van der Waals surface area contributed by atoms with Gasteiger partial charge >= 0.3 is 0 Å². The Labute approximate surface area is 95.5 Å². The molecule has 0 aromatic carbocycles. The van der Waals surface area contributed by atoms with Gasteiger partial charge in [0.1, 0.15) is 0 Å². The van der Waals surface area contributed by atoms with E-state index in [1.54, 1.807) is 0 Å². The Morgan fingerprint density at radius 3 is 2.67 bits per heavy atom. The van der Waals surface area contributed by atoms with Crippen LogP contribution in [0, 0.1) is 6.92 Å². The molecule has 0 bridgehead atoms. The van der Waals surface area contributed by atoms with Crippen LogP contribution >= 0.6 is 11.6 Å². The zero-order chi connectivity index (χ0) is 10.7. The third-order valence-corrected chi connectivity index (χ3v) is 3.14. The molecule has 15 heavy (non-hydrogen) atoms. The molecule has 1 aromatic rings. The normalized spacial score (nSPS) is 16.8. The topological polar surface area (TPSA) is 29.0 Å². The van der Waals surface area contributed by atoms with E-state index >= 15 is 0 Å². The fraction of sp³-hybridized carbons (Fsp3) is 0.636. The molecule has 0 N–H and O–H groups in total. The second-order valence-electron chi connectivity index (χ2n) is 3.96. The number of alkyl halides is 1. The Kier molecular flexibility index (Phi) is 3.41. The van der Waals surface area contributed by atoms with Crippen LogP contribution in [0.3, 0.4) is 0 Å². The number of rotatable bonds is 2. The van der Waals surface area contributed by atoms with E-state index in [4.69, 9.17) is 11.6 Å². The zero-order valence-corrected chi connectivity index (χ0v) is 9.80. The van der Waals surface area contributed by atoms with Crippen molar-refractivity contribution >= 4 is 17.5 Å². The summed E-state index contributed by atoms with van der Waals surface area (Å²) in [5.41, 5.74) is 2.03. The Morgan fingerprint density at radius 2 is 2.07 bits per heavy atom. The Hall–Kier alpha value is -0.830. The Balaban J connectivity index is 2.17. The predicted octanol–water partition coefficient (Wildman–Crippen LogP) is 2.51. The molecule has 3 nitrogen and oxygen atoms in total. The lowest BCUT2D eigenvalue weighted by Gasteiger charge is -2.26. The second kappa shape index (κ2) is 4.79. The molecule has 1 aliphatic heterocycles. The summed E-state index contributed by atoms with van der Waals surface area (Å²) in [5, 5.41) is 0. The van der Waals surface area contributed by atoms with Crippen LogP contribution < -0.4 is 4.90 Å². The standard InChI is InChI=1S/C11H16ClN3/c1-9-10(7-12)8-13-11(14-9)15-5-3-2-4-6-15/h8H,2-7H2,1H3. The molecule has 0 atom stereocenters. The highest BCUT2D eigenvalue weighted by Crippen LogP contribution is 2.17. The summed E-state index contributed by atoms with van der Waals surface area (Å²) < 4.78 is 0. The maximum atomic E-state index is 5.78. The third-order valence-electron chi connectivity index (χ3n) is 2.85. The maximum absolute atomic E-state index is 5.78. The fourth-order valence-corrected chi connectivity index (χ4v) is 2.12. The summed E-state index contributed by atoms with van der Waals surface area (Å²) in [6, 6.07) is 0. The monoisotopic (exact) mass is 225 g/mol. The number of anilines is 1. The minimum atomic E-state index is 0.492. The number of halogens is 1. The lowest BCUT2D eigenvalue weighted by atomic mass is 10.1. The number of hydrogen-bond acceptors (Lipinski definition) is 3. The fourth-order valence-electron chi connectivity index (χ4n) is 1.86. The van der Waals surface area contributed by atoms with Crippen molar-refractivity contribution in [3.05, 3.63) is 17.5 Å². The third kappa shape index (κ3) is 2.40. The summed E-state index contributed by atoms with van der Waals surface area (Å²) >= 11 is 5.78. The molecule has 1 saturated heterocycles. The quantitative estimate of drug-likeness (QED) is 0.725. The van der Waals surface area contributed by atoms with Crippen LogP contribution in [0.1, 0.15) is 30.5 Å². The Morgan fingerprint density at radius 1 is 1.33 bits per heavy atom. The van der Waals surface area contributed by atoms with Crippen LogP contribution in [0.25, 0.3) is 0 Å². The number of aromatic nitrogens is 2. The van der Waals surface area contributed by atoms with E-state index in [0.29, 0.717) is 5.88 Å². The zero-order valence-electron chi connectivity index (χ0n) is 9.04. The molecule has 82 valence electrons. The van der Waals surface area contributed by atoms with Crippen LogP contribution in [-0.2, 0) is 5.88 Å². The van der Waals surface area contributed by atoms with E-state index in [1.165, 1.54) is 19.3 Å². The molecule has 1 aromatic heterocycles. The van der Waals surface area contributed by atoms with Gasteiger partial charge in [0.05, 0.1) is 5.88 Å².